The van der Waals surface area contributed by atoms with Crippen LogP contribution in [0.1, 0.15) is 30.8 Å². The normalized spacial score (nSPS) is 19.0. The van der Waals surface area contributed by atoms with Crippen molar-refractivity contribution in [1.29, 1.82) is 0 Å². The Morgan fingerprint density at radius 2 is 2.04 bits per heavy atom. The minimum Gasteiger partial charge on any atom is -0.464 e. The van der Waals surface area contributed by atoms with Crippen LogP contribution < -0.4 is 5.32 Å². The van der Waals surface area contributed by atoms with Crippen LogP contribution in [0.4, 0.5) is 19.3 Å². The fourth-order valence-corrected chi connectivity index (χ4v) is 3.21. The van der Waals surface area contributed by atoms with Gasteiger partial charge in [-0.25, -0.2) is 13.6 Å². The Balaban J connectivity index is 1.81. The fraction of sp³-hybridized carbons (Fsp3) is 0.389. The van der Waals surface area contributed by atoms with Gasteiger partial charge in [-0.05, 0) is 56.2 Å². The SMILES string of the molecule is Cc1ccc(CN(C(=O)Nc2ccc(Cl)cc2)C2CCCC2(F)F)o1. The number of alkyl halides is 2. The molecule has 2 aromatic rings. The van der Waals surface area contributed by atoms with Crippen molar-refractivity contribution in [2.24, 2.45) is 0 Å². The molecular formula is C18H19ClF2N2O2. The van der Waals surface area contributed by atoms with Gasteiger partial charge in [-0.2, -0.15) is 0 Å². The number of urea groups is 1. The molecule has 134 valence electrons. The minimum atomic E-state index is -2.90. The number of nitrogens with one attached hydrogen (secondary N) is 1. The molecule has 1 aliphatic carbocycles. The maximum absolute atomic E-state index is 14.2. The molecule has 1 heterocycles. The lowest BCUT2D eigenvalue weighted by Gasteiger charge is -2.32. The maximum Gasteiger partial charge on any atom is 0.322 e. The van der Waals surface area contributed by atoms with E-state index < -0.39 is 18.0 Å². The largest absolute Gasteiger partial charge is 0.464 e. The van der Waals surface area contributed by atoms with E-state index in [1.165, 1.54) is 4.90 Å². The van der Waals surface area contributed by atoms with Crippen LogP contribution in [-0.2, 0) is 6.54 Å². The summed E-state index contributed by atoms with van der Waals surface area (Å²) in [7, 11) is 0. The summed E-state index contributed by atoms with van der Waals surface area (Å²) in [5.41, 5.74) is 0.497. The summed E-state index contributed by atoms with van der Waals surface area (Å²) in [4.78, 5) is 13.9. The molecule has 0 aliphatic heterocycles. The number of carbonyl (C=O) groups excluding carboxylic acids is 1. The molecule has 1 N–H and O–H groups in total. The first-order valence-electron chi connectivity index (χ1n) is 8.11. The summed E-state index contributed by atoms with van der Waals surface area (Å²) < 4.78 is 34.0. The summed E-state index contributed by atoms with van der Waals surface area (Å²) in [6.45, 7) is 1.76. The van der Waals surface area contributed by atoms with Crippen LogP contribution in [0.2, 0.25) is 5.02 Å². The number of anilines is 1. The first-order chi connectivity index (χ1) is 11.8. The number of aryl methyl sites for hydroxylation is 1. The number of hydrogen-bond donors (Lipinski definition) is 1. The minimum absolute atomic E-state index is 0.00643. The van der Waals surface area contributed by atoms with E-state index in [0.717, 1.165) is 0 Å². The highest BCUT2D eigenvalue weighted by Gasteiger charge is 2.48. The lowest BCUT2D eigenvalue weighted by Crippen LogP contribution is -2.48. The van der Waals surface area contributed by atoms with Gasteiger partial charge in [0.2, 0.25) is 0 Å². The second kappa shape index (κ2) is 7.04. The lowest BCUT2D eigenvalue weighted by atomic mass is 10.1. The number of amides is 2. The Labute approximate surface area is 149 Å². The number of rotatable bonds is 4. The molecule has 3 rings (SSSR count). The molecule has 0 bridgehead atoms. The molecule has 25 heavy (non-hydrogen) atoms. The number of furan rings is 1. The highest BCUT2D eigenvalue weighted by Crippen LogP contribution is 2.39. The van der Waals surface area contributed by atoms with Gasteiger partial charge in [0.1, 0.15) is 11.5 Å². The Bertz CT molecular complexity index is 746. The molecule has 1 aliphatic rings. The third-order valence-electron chi connectivity index (χ3n) is 4.33. The van der Waals surface area contributed by atoms with Crippen molar-refractivity contribution < 1.29 is 18.0 Å². The van der Waals surface area contributed by atoms with Crippen LogP contribution >= 0.6 is 11.6 Å². The van der Waals surface area contributed by atoms with E-state index in [0.29, 0.717) is 28.7 Å². The van der Waals surface area contributed by atoms with Crippen molar-refractivity contribution >= 4 is 23.3 Å². The van der Waals surface area contributed by atoms with E-state index in [2.05, 4.69) is 5.32 Å². The summed E-state index contributed by atoms with van der Waals surface area (Å²) in [6, 6.07) is 8.23. The third-order valence-corrected chi connectivity index (χ3v) is 4.58. The predicted molar refractivity (Wildman–Crippen MR) is 92.0 cm³/mol. The van der Waals surface area contributed by atoms with Gasteiger partial charge in [-0.15, -0.1) is 0 Å². The zero-order valence-electron chi connectivity index (χ0n) is 13.8. The zero-order chi connectivity index (χ0) is 18.0. The van der Waals surface area contributed by atoms with Crippen molar-refractivity contribution in [3.8, 4) is 0 Å². The van der Waals surface area contributed by atoms with Crippen LogP contribution in [0, 0.1) is 6.92 Å². The first kappa shape index (κ1) is 17.7. The number of nitrogens with zero attached hydrogens (tertiary/aromatic N) is 1. The zero-order valence-corrected chi connectivity index (χ0v) is 14.5. The number of halogens is 3. The molecule has 1 aromatic carbocycles. The standard InChI is InChI=1S/C18H19ClF2N2O2/c1-12-4-9-15(25-12)11-23(16-3-2-10-18(16,20)21)17(24)22-14-7-5-13(19)6-8-14/h4-9,16H,2-3,10-11H2,1H3,(H,22,24). The molecule has 1 aromatic heterocycles. The molecule has 0 spiro atoms. The van der Waals surface area contributed by atoms with Crippen LogP contribution in [0.3, 0.4) is 0 Å². The molecule has 0 radical (unpaired) electrons. The summed E-state index contributed by atoms with van der Waals surface area (Å²) in [5, 5.41) is 3.20. The molecule has 1 atom stereocenters. The van der Waals surface area contributed by atoms with Crippen molar-refractivity contribution in [1.82, 2.24) is 4.90 Å². The Hall–Kier alpha value is -2.08. The van der Waals surface area contributed by atoms with Crippen molar-refractivity contribution in [2.75, 3.05) is 5.32 Å². The highest BCUT2D eigenvalue weighted by molar-refractivity contribution is 6.30. The van der Waals surface area contributed by atoms with E-state index in [9.17, 15) is 13.6 Å². The highest BCUT2D eigenvalue weighted by atomic mass is 35.5. The van der Waals surface area contributed by atoms with Crippen LogP contribution in [0.5, 0.6) is 0 Å². The predicted octanol–water partition coefficient (Wildman–Crippen LogP) is 5.46. The van der Waals surface area contributed by atoms with Crippen LogP contribution in [0.25, 0.3) is 0 Å². The van der Waals surface area contributed by atoms with Gasteiger partial charge in [-0.3, -0.25) is 0 Å². The second-order valence-corrected chi connectivity index (χ2v) is 6.68. The van der Waals surface area contributed by atoms with Gasteiger partial charge in [0.15, 0.2) is 0 Å². The summed E-state index contributed by atoms with van der Waals surface area (Å²) in [6.07, 6.45) is 0.444. The second-order valence-electron chi connectivity index (χ2n) is 6.25. The van der Waals surface area contributed by atoms with E-state index in [4.69, 9.17) is 16.0 Å². The molecule has 0 saturated heterocycles. The molecular weight excluding hydrogens is 350 g/mol. The average Bonchev–Trinajstić information content (AvgIpc) is 3.12. The fourth-order valence-electron chi connectivity index (χ4n) is 3.08. The van der Waals surface area contributed by atoms with Gasteiger partial charge in [-0.1, -0.05) is 11.6 Å². The quantitative estimate of drug-likeness (QED) is 0.778. The molecule has 7 heteroatoms. The van der Waals surface area contributed by atoms with Gasteiger partial charge >= 0.3 is 6.03 Å². The van der Waals surface area contributed by atoms with E-state index in [1.807, 2.05) is 0 Å². The number of hydrogen-bond acceptors (Lipinski definition) is 2. The Morgan fingerprint density at radius 3 is 2.60 bits per heavy atom. The van der Waals surface area contributed by atoms with Crippen molar-refractivity contribution in [3.63, 3.8) is 0 Å². The summed E-state index contributed by atoms with van der Waals surface area (Å²) in [5.74, 6) is -1.75. The van der Waals surface area contributed by atoms with E-state index >= 15 is 0 Å². The molecule has 4 nitrogen and oxygen atoms in total. The summed E-state index contributed by atoms with van der Waals surface area (Å²) >= 11 is 5.83. The first-order valence-corrected chi connectivity index (χ1v) is 8.49. The van der Waals surface area contributed by atoms with Gasteiger partial charge < -0.3 is 14.6 Å². The Morgan fingerprint density at radius 1 is 1.32 bits per heavy atom. The molecule has 1 unspecified atom stereocenters. The van der Waals surface area contributed by atoms with E-state index in [-0.39, 0.29) is 19.4 Å². The Kier molecular flexibility index (Phi) is 4.99. The average molecular weight is 369 g/mol. The molecule has 1 fully saturated rings. The van der Waals surface area contributed by atoms with Gasteiger partial charge in [0.25, 0.3) is 5.92 Å². The number of benzene rings is 1. The maximum atomic E-state index is 14.2. The smallest absolute Gasteiger partial charge is 0.322 e. The molecule has 2 amide bonds. The van der Waals surface area contributed by atoms with Crippen molar-refractivity contribution in [3.05, 3.63) is 52.9 Å². The lowest BCUT2D eigenvalue weighted by molar-refractivity contribution is -0.0510. The third kappa shape index (κ3) is 4.12. The molecule has 1 saturated carbocycles. The van der Waals surface area contributed by atoms with Crippen molar-refractivity contribution in [2.45, 2.75) is 44.7 Å². The van der Waals surface area contributed by atoms with Crippen LogP contribution in [-0.4, -0.2) is 22.9 Å². The van der Waals surface area contributed by atoms with Crippen LogP contribution in [0.15, 0.2) is 40.8 Å². The topological polar surface area (TPSA) is 45.5 Å². The van der Waals surface area contributed by atoms with Gasteiger partial charge in [0.05, 0.1) is 12.6 Å². The van der Waals surface area contributed by atoms with E-state index in [1.54, 1.807) is 43.3 Å². The van der Waals surface area contributed by atoms with Gasteiger partial charge in [0, 0.05) is 17.1 Å². The number of carbonyl (C=O) groups is 1. The monoisotopic (exact) mass is 368 g/mol.